The van der Waals surface area contributed by atoms with Crippen LogP contribution >= 0.6 is 0 Å². The number of hydrogen-bond donors (Lipinski definition) is 2. The Morgan fingerprint density at radius 2 is 1.67 bits per heavy atom. The van der Waals surface area contributed by atoms with Gasteiger partial charge >= 0.3 is 0 Å². The van der Waals surface area contributed by atoms with Crippen LogP contribution in [-0.2, 0) is 0 Å². The Morgan fingerprint density at radius 3 is 2.24 bits per heavy atom. The van der Waals surface area contributed by atoms with Gasteiger partial charge in [0, 0.05) is 17.7 Å². The molecule has 2 aromatic carbocycles. The Bertz CT molecular complexity index is 622. The van der Waals surface area contributed by atoms with E-state index in [1.165, 1.54) is 0 Å². The van der Waals surface area contributed by atoms with Gasteiger partial charge in [0.25, 0.3) is 0 Å². The zero-order valence-electron chi connectivity index (χ0n) is 11.2. The molecular weight excluding hydrogens is 277 g/mol. The maximum absolute atomic E-state index is 13.9. The predicted octanol–water partition coefficient (Wildman–Crippen LogP) is 3.41. The summed E-state index contributed by atoms with van der Waals surface area (Å²) in [5, 5.41) is 0. The molecule has 21 heavy (non-hydrogen) atoms. The van der Waals surface area contributed by atoms with E-state index in [9.17, 15) is 13.2 Å². The molecule has 5 heteroatoms. The van der Waals surface area contributed by atoms with E-state index in [4.69, 9.17) is 5.84 Å². The number of hydrogen-bond acceptors (Lipinski definition) is 2. The quantitative estimate of drug-likeness (QED) is 0.669. The Hall–Kier alpha value is -1.85. The molecule has 0 radical (unpaired) electrons. The van der Waals surface area contributed by atoms with Crippen molar-refractivity contribution in [1.29, 1.82) is 0 Å². The van der Waals surface area contributed by atoms with Gasteiger partial charge in [-0.2, -0.15) is 0 Å². The minimum absolute atomic E-state index is 0.00754. The Labute approximate surface area is 120 Å². The van der Waals surface area contributed by atoms with E-state index in [1.807, 2.05) is 30.3 Å². The zero-order valence-corrected chi connectivity index (χ0v) is 11.2. The molecule has 110 valence electrons. The highest BCUT2D eigenvalue weighted by molar-refractivity contribution is 5.32. The van der Waals surface area contributed by atoms with E-state index < -0.39 is 23.5 Å². The topological polar surface area (TPSA) is 38.0 Å². The van der Waals surface area contributed by atoms with E-state index >= 15 is 0 Å². The molecule has 0 aliphatic heterocycles. The minimum atomic E-state index is -0.931. The lowest BCUT2D eigenvalue weighted by atomic mass is 9.98. The van der Waals surface area contributed by atoms with Crippen molar-refractivity contribution in [2.24, 2.45) is 11.8 Å². The maximum atomic E-state index is 13.9. The fraction of sp³-hybridized carbons (Fsp3) is 0.250. The molecule has 1 aliphatic rings. The monoisotopic (exact) mass is 292 g/mol. The Balaban J connectivity index is 1.88. The number of rotatable bonds is 4. The first kappa shape index (κ1) is 14.1. The molecule has 0 saturated heterocycles. The number of nitrogens with two attached hydrogens (primary N) is 1. The van der Waals surface area contributed by atoms with E-state index in [0.717, 1.165) is 12.0 Å². The minimum Gasteiger partial charge on any atom is -0.271 e. The molecule has 3 N–H and O–H groups in total. The van der Waals surface area contributed by atoms with Crippen molar-refractivity contribution in [1.82, 2.24) is 5.43 Å². The summed E-state index contributed by atoms with van der Waals surface area (Å²) in [5.41, 5.74) is 3.40. The molecule has 3 unspecified atom stereocenters. The molecule has 1 fully saturated rings. The second-order valence-electron chi connectivity index (χ2n) is 5.34. The van der Waals surface area contributed by atoms with Crippen LogP contribution < -0.4 is 11.3 Å². The fourth-order valence-electron chi connectivity index (χ4n) is 2.94. The number of hydrazine groups is 1. The Morgan fingerprint density at radius 1 is 1.05 bits per heavy atom. The van der Waals surface area contributed by atoms with E-state index in [2.05, 4.69) is 5.43 Å². The standard InChI is InChI=1S/C16H15F3N2/c17-10-6-13(18)15(14(19)7-10)16(21-20)12-8-11(12)9-4-2-1-3-5-9/h1-7,11-12,16,21H,8,20H2. The third-order valence-corrected chi connectivity index (χ3v) is 4.03. The lowest BCUT2D eigenvalue weighted by molar-refractivity contribution is 0.428. The molecule has 0 spiro atoms. The fourth-order valence-corrected chi connectivity index (χ4v) is 2.94. The average molecular weight is 292 g/mol. The van der Waals surface area contributed by atoms with Crippen molar-refractivity contribution >= 4 is 0 Å². The van der Waals surface area contributed by atoms with Gasteiger partial charge in [0.05, 0.1) is 6.04 Å². The zero-order chi connectivity index (χ0) is 15.0. The molecule has 0 aromatic heterocycles. The lowest BCUT2D eigenvalue weighted by Crippen LogP contribution is -2.31. The van der Waals surface area contributed by atoms with E-state index in [0.29, 0.717) is 12.1 Å². The molecule has 1 aliphatic carbocycles. The summed E-state index contributed by atoms with van der Waals surface area (Å²) >= 11 is 0. The van der Waals surface area contributed by atoms with Gasteiger partial charge in [-0.3, -0.25) is 11.3 Å². The number of nitrogens with one attached hydrogen (secondary N) is 1. The molecule has 0 amide bonds. The van der Waals surface area contributed by atoms with Crippen LogP contribution in [0.1, 0.15) is 29.5 Å². The summed E-state index contributed by atoms with van der Waals surface area (Å²) in [4.78, 5) is 0. The highest BCUT2D eigenvalue weighted by Gasteiger charge is 2.45. The SMILES string of the molecule is NNC(c1c(F)cc(F)cc1F)C1CC1c1ccccc1. The van der Waals surface area contributed by atoms with Crippen molar-refractivity contribution < 1.29 is 13.2 Å². The van der Waals surface area contributed by atoms with Crippen LogP contribution in [0.15, 0.2) is 42.5 Å². The van der Waals surface area contributed by atoms with Crippen molar-refractivity contribution in [3.63, 3.8) is 0 Å². The first-order chi connectivity index (χ1) is 10.1. The molecule has 2 nitrogen and oxygen atoms in total. The molecule has 1 saturated carbocycles. The van der Waals surface area contributed by atoms with E-state index in [-0.39, 0.29) is 17.4 Å². The van der Waals surface area contributed by atoms with Gasteiger partial charge in [0.1, 0.15) is 17.5 Å². The van der Waals surface area contributed by atoms with Crippen LogP contribution in [0.5, 0.6) is 0 Å². The average Bonchev–Trinajstić information content (AvgIpc) is 3.23. The molecular formula is C16H15F3N2. The van der Waals surface area contributed by atoms with Gasteiger partial charge in [-0.15, -0.1) is 0 Å². The summed E-state index contributed by atoms with van der Waals surface area (Å²) in [6.45, 7) is 0. The van der Waals surface area contributed by atoms with Crippen LogP contribution in [0.3, 0.4) is 0 Å². The largest absolute Gasteiger partial charge is 0.271 e. The first-order valence-corrected chi connectivity index (χ1v) is 6.77. The molecule has 3 rings (SSSR count). The summed E-state index contributed by atoms with van der Waals surface area (Å²) in [6, 6.07) is 10.4. The summed E-state index contributed by atoms with van der Waals surface area (Å²) in [7, 11) is 0. The highest BCUT2D eigenvalue weighted by Crippen LogP contribution is 2.54. The van der Waals surface area contributed by atoms with Crippen LogP contribution in [-0.4, -0.2) is 0 Å². The third-order valence-electron chi connectivity index (χ3n) is 4.03. The van der Waals surface area contributed by atoms with Gasteiger partial charge < -0.3 is 0 Å². The van der Waals surface area contributed by atoms with Crippen LogP contribution in [0.4, 0.5) is 13.2 Å². The van der Waals surface area contributed by atoms with Gasteiger partial charge in [0.15, 0.2) is 0 Å². The summed E-state index contributed by atoms with van der Waals surface area (Å²) < 4.78 is 40.8. The lowest BCUT2D eigenvalue weighted by Gasteiger charge is -2.18. The van der Waals surface area contributed by atoms with Crippen molar-refractivity contribution in [3.8, 4) is 0 Å². The third kappa shape index (κ3) is 2.66. The highest BCUT2D eigenvalue weighted by atomic mass is 19.1. The van der Waals surface area contributed by atoms with Crippen LogP contribution in [0.25, 0.3) is 0 Å². The molecule has 3 atom stereocenters. The van der Waals surface area contributed by atoms with Gasteiger partial charge in [-0.05, 0) is 23.8 Å². The number of benzene rings is 2. The second kappa shape index (κ2) is 5.50. The second-order valence-corrected chi connectivity index (χ2v) is 5.34. The van der Waals surface area contributed by atoms with Crippen molar-refractivity contribution in [2.45, 2.75) is 18.4 Å². The van der Waals surface area contributed by atoms with Gasteiger partial charge in [-0.25, -0.2) is 13.2 Å². The van der Waals surface area contributed by atoms with Crippen LogP contribution in [0.2, 0.25) is 0 Å². The van der Waals surface area contributed by atoms with Crippen LogP contribution in [0, 0.1) is 23.4 Å². The van der Waals surface area contributed by atoms with Gasteiger partial charge in [0.2, 0.25) is 0 Å². The van der Waals surface area contributed by atoms with Gasteiger partial charge in [-0.1, -0.05) is 30.3 Å². The molecule has 0 heterocycles. The molecule has 0 bridgehead atoms. The molecule has 2 aromatic rings. The first-order valence-electron chi connectivity index (χ1n) is 6.77. The summed E-state index contributed by atoms with van der Waals surface area (Å²) in [5.74, 6) is 2.93. The summed E-state index contributed by atoms with van der Waals surface area (Å²) in [6.07, 6.45) is 0.787. The van der Waals surface area contributed by atoms with Crippen molar-refractivity contribution in [2.75, 3.05) is 0 Å². The predicted molar refractivity (Wildman–Crippen MR) is 73.7 cm³/mol. The smallest absolute Gasteiger partial charge is 0.133 e. The number of halogens is 3. The van der Waals surface area contributed by atoms with E-state index in [1.54, 1.807) is 0 Å². The maximum Gasteiger partial charge on any atom is 0.133 e. The van der Waals surface area contributed by atoms with Crippen molar-refractivity contribution in [3.05, 3.63) is 71.0 Å². The normalized spacial score (nSPS) is 22.1. The Kier molecular flexibility index (Phi) is 3.69.